The minimum Gasteiger partial charge on any atom is -0.481 e. The van der Waals surface area contributed by atoms with Gasteiger partial charge in [0, 0.05) is 11.6 Å². The lowest BCUT2D eigenvalue weighted by Crippen LogP contribution is -2.46. The van der Waals surface area contributed by atoms with Gasteiger partial charge in [-0.3, -0.25) is 4.79 Å². The van der Waals surface area contributed by atoms with Crippen molar-refractivity contribution in [3.05, 3.63) is 28.8 Å². The van der Waals surface area contributed by atoms with Crippen LogP contribution in [0.3, 0.4) is 0 Å². The van der Waals surface area contributed by atoms with Crippen molar-refractivity contribution in [1.29, 1.82) is 0 Å². The number of rotatable bonds is 5. The van der Waals surface area contributed by atoms with E-state index >= 15 is 0 Å². The zero-order chi connectivity index (χ0) is 15.4. The molecule has 0 spiro atoms. The van der Waals surface area contributed by atoms with Crippen molar-refractivity contribution < 1.29 is 14.3 Å². The van der Waals surface area contributed by atoms with Gasteiger partial charge in [-0.25, -0.2) is 0 Å². The Kier molecular flexibility index (Phi) is 5.48. The van der Waals surface area contributed by atoms with E-state index in [4.69, 9.17) is 21.1 Å². The molecule has 0 bridgehead atoms. The number of aryl methyl sites for hydroxylation is 1. The first-order valence-electron chi connectivity index (χ1n) is 7.32. The molecule has 5 heteroatoms. The van der Waals surface area contributed by atoms with Crippen LogP contribution in [0.5, 0.6) is 5.75 Å². The molecular formula is C16H22ClNO3. The quantitative estimate of drug-likeness (QED) is 0.909. The molecule has 0 unspecified atom stereocenters. The van der Waals surface area contributed by atoms with E-state index in [1.54, 1.807) is 19.1 Å². The van der Waals surface area contributed by atoms with E-state index < -0.39 is 6.10 Å². The number of benzene rings is 1. The summed E-state index contributed by atoms with van der Waals surface area (Å²) in [6.07, 6.45) is 1.60. The van der Waals surface area contributed by atoms with Gasteiger partial charge in [-0.2, -0.15) is 0 Å². The van der Waals surface area contributed by atoms with Gasteiger partial charge in [-0.15, -0.1) is 0 Å². The van der Waals surface area contributed by atoms with Gasteiger partial charge in [0.25, 0.3) is 5.91 Å². The topological polar surface area (TPSA) is 47.6 Å². The summed E-state index contributed by atoms with van der Waals surface area (Å²) < 4.78 is 11.3. The van der Waals surface area contributed by atoms with Crippen LogP contribution in [-0.4, -0.2) is 30.8 Å². The van der Waals surface area contributed by atoms with Crippen LogP contribution in [0.1, 0.15) is 32.3 Å². The van der Waals surface area contributed by atoms with Crippen molar-refractivity contribution in [2.24, 2.45) is 0 Å². The van der Waals surface area contributed by atoms with Gasteiger partial charge in [0.15, 0.2) is 6.10 Å². The third-order valence-electron chi connectivity index (χ3n) is 3.70. The molecule has 1 aromatic carbocycles. The molecule has 116 valence electrons. The summed E-state index contributed by atoms with van der Waals surface area (Å²) in [6, 6.07) is 5.35. The third kappa shape index (κ3) is 4.35. The standard InChI is InChI=1S/C16H22ClNO3/c1-10-9-13(17)6-7-14(10)21-12(3)16(19)18-11(2)15-5-4-8-20-15/h6-7,9,11-12,15H,4-5,8H2,1-3H3,(H,18,19)/t11-,12-,15+/m1/s1. The number of ether oxygens (including phenoxy) is 2. The average molecular weight is 312 g/mol. The van der Waals surface area contributed by atoms with Crippen molar-refractivity contribution in [2.75, 3.05) is 6.61 Å². The molecule has 1 aliphatic rings. The Morgan fingerprint density at radius 3 is 2.86 bits per heavy atom. The fourth-order valence-electron chi connectivity index (χ4n) is 2.42. The Labute approximate surface area is 130 Å². The average Bonchev–Trinajstić information content (AvgIpc) is 2.95. The van der Waals surface area contributed by atoms with Crippen molar-refractivity contribution in [3.8, 4) is 5.75 Å². The minimum absolute atomic E-state index is 0.00244. The Morgan fingerprint density at radius 2 is 2.24 bits per heavy atom. The molecule has 1 saturated heterocycles. The summed E-state index contributed by atoms with van der Waals surface area (Å²) in [7, 11) is 0. The summed E-state index contributed by atoms with van der Waals surface area (Å²) in [5.41, 5.74) is 0.911. The molecule has 1 aliphatic heterocycles. The highest BCUT2D eigenvalue weighted by atomic mass is 35.5. The zero-order valence-corrected chi connectivity index (χ0v) is 13.4. The van der Waals surface area contributed by atoms with Crippen LogP contribution in [0.2, 0.25) is 5.02 Å². The fourth-order valence-corrected chi connectivity index (χ4v) is 2.65. The van der Waals surface area contributed by atoms with E-state index in [2.05, 4.69) is 5.32 Å². The number of hydrogen-bond donors (Lipinski definition) is 1. The van der Waals surface area contributed by atoms with Crippen molar-refractivity contribution in [1.82, 2.24) is 5.32 Å². The predicted molar refractivity (Wildman–Crippen MR) is 82.9 cm³/mol. The van der Waals surface area contributed by atoms with Crippen molar-refractivity contribution in [2.45, 2.75) is 51.9 Å². The Morgan fingerprint density at radius 1 is 1.48 bits per heavy atom. The Bertz CT molecular complexity index is 500. The largest absolute Gasteiger partial charge is 0.481 e. The monoisotopic (exact) mass is 311 g/mol. The molecule has 0 aromatic heterocycles. The molecule has 1 aromatic rings. The van der Waals surface area contributed by atoms with Crippen LogP contribution < -0.4 is 10.1 Å². The summed E-state index contributed by atoms with van der Waals surface area (Å²) in [5, 5.41) is 3.61. The van der Waals surface area contributed by atoms with E-state index in [1.807, 2.05) is 19.9 Å². The van der Waals surface area contributed by atoms with Crippen LogP contribution >= 0.6 is 11.6 Å². The number of nitrogens with one attached hydrogen (secondary N) is 1. The SMILES string of the molecule is Cc1cc(Cl)ccc1O[C@H](C)C(=O)N[C@H](C)[C@@H]1CCCO1. The predicted octanol–water partition coefficient (Wildman–Crippen LogP) is 3.10. The van der Waals surface area contributed by atoms with Gasteiger partial charge in [0.1, 0.15) is 5.75 Å². The van der Waals surface area contributed by atoms with Gasteiger partial charge in [-0.05, 0) is 57.4 Å². The van der Waals surface area contributed by atoms with Gasteiger partial charge >= 0.3 is 0 Å². The second-order valence-corrected chi connectivity index (χ2v) is 5.96. The molecular weight excluding hydrogens is 290 g/mol. The first-order valence-corrected chi connectivity index (χ1v) is 7.70. The summed E-state index contributed by atoms with van der Waals surface area (Å²) in [5.74, 6) is 0.541. The molecule has 4 nitrogen and oxygen atoms in total. The highest BCUT2D eigenvalue weighted by Crippen LogP contribution is 2.23. The first kappa shape index (κ1) is 16.1. The first-order chi connectivity index (χ1) is 9.97. The normalized spacial score (nSPS) is 20.9. The Balaban J connectivity index is 1.89. The van der Waals surface area contributed by atoms with Gasteiger partial charge < -0.3 is 14.8 Å². The summed E-state index contributed by atoms with van der Waals surface area (Å²) >= 11 is 5.91. The number of halogens is 1. The second-order valence-electron chi connectivity index (χ2n) is 5.52. The number of amides is 1. The molecule has 3 atom stereocenters. The maximum absolute atomic E-state index is 12.2. The summed E-state index contributed by atoms with van der Waals surface area (Å²) in [4.78, 5) is 12.2. The van der Waals surface area contributed by atoms with Crippen LogP contribution in [0, 0.1) is 6.92 Å². The van der Waals surface area contributed by atoms with E-state index in [-0.39, 0.29) is 18.1 Å². The lowest BCUT2D eigenvalue weighted by molar-refractivity contribution is -0.128. The number of carbonyl (C=O) groups excluding carboxylic acids is 1. The fraction of sp³-hybridized carbons (Fsp3) is 0.562. The molecule has 21 heavy (non-hydrogen) atoms. The maximum atomic E-state index is 12.2. The molecule has 1 fully saturated rings. The zero-order valence-electron chi connectivity index (χ0n) is 12.7. The smallest absolute Gasteiger partial charge is 0.261 e. The van der Waals surface area contributed by atoms with E-state index in [0.717, 1.165) is 25.0 Å². The van der Waals surface area contributed by atoms with E-state index in [9.17, 15) is 4.79 Å². The third-order valence-corrected chi connectivity index (χ3v) is 3.94. The van der Waals surface area contributed by atoms with Gasteiger partial charge in [-0.1, -0.05) is 11.6 Å². The highest BCUT2D eigenvalue weighted by molar-refractivity contribution is 6.30. The lowest BCUT2D eigenvalue weighted by Gasteiger charge is -2.23. The molecule has 1 N–H and O–H groups in total. The van der Waals surface area contributed by atoms with Crippen LogP contribution in [0.4, 0.5) is 0 Å². The molecule has 0 radical (unpaired) electrons. The molecule has 0 aliphatic carbocycles. The molecule has 2 rings (SSSR count). The minimum atomic E-state index is -0.561. The number of hydrogen-bond acceptors (Lipinski definition) is 3. The van der Waals surface area contributed by atoms with Crippen molar-refractivity contribution in [3.63, 3.8) is 0 Å². The van der Waals surface area contributed by atoms with Gasteiger partial charge in [0.05, 0.1) is 12.1 Å². The Hall–Kier alpha value is -1.26. The number of carbonyl (C=O) groups is 1. The van der Waals surface area contributed by atoms with E-state index in [1.165, 1.54) is 0 Å². The highest BCUT2D eigenvalue weighted by Gasteiger charge is 2.26. The molecule has 1 heterocycles. The van der Waals surface area contributed by atoms with Crippen LogP contribution in [0.25, 0.3) is 0 Å². The van der Waals surface area contributed by atoms with Crippen LogP contribution in [-0.2, 0) is 9.53 Å². The maximum Gasteiger partial charge on any atom is 0.261 e. The molecule has 0 saturated carbocycles. The lowest BCUT2D eigenvalue weighted by atomic mass is 10.1. The molecule has 1 amide bonds. The van der Waals surface area contributed by atoms with Gasteiger partial charge in [0.2, 0.25) is 0 Å². The van der Waals surface area contributed by atoms with Crippen LogP contribution in [0.15, 0.2) is 18.2 Å². The van der Waals surface area contributed by atoms with E-state index in [0.29, 0.717) is 10.8 Å². The summed E-state index contributed by atoms with van der Waals surface area (Å²) in [6.45, 7) is 6.39. The van der Waals surface area contributed by atoms with Crippen molar-refractivity contribution >= 4 is 17.5 Å². The second kappa shape index (κ2) is 7.14.